The molecular weight excluding hydrogens is 376 g/mol. The Kier molecular flexibility index (Phi) is 6.85. The van der Waals surface area contributed by atoms with Crippen LogP contribution in [0, 0.1) is 13.8 Å². The second kappa shape index (κ2) is 8.75. The van der Waals surface area contributed by atoms with E-state index in [0.29, 0.717) is 5.69 Å². The molecule has 6 nitrogen and oxygen atoms in total. The molecule has 0 aliphatic rings. The molecule has 0 aliphatic heterocycles. The number of methoxy groups -OCH3 is 1. The molecule has 0 aliphatic carbocycles. The molecule has 152 valence electrons. The van der Waals surface area contributed by atoms with Gasteiger partial charge in [0.25, 0.3) is 0 Å². The van der Waals surface area contributed by atoms with Gasteiger partial charge < -0.3 is 10.1 Å². The summed E-state index contributed by atoms with van der Waals surface area (Å²) in [6, 6.07) is 9.77. The van der Waals surface area contributed by atoms with E-state index in [1.54, 1.807) is 12.1 Å². The Morgan fingerprint density at radius 2 is 1.64 bits per heavy atom. The molecule has 2 N–H and O–H groups in total. The standard InChI is InChI=1S/C21H28N2O4S/c1-13(2)17-10-11-18(27-6)19(12-17)28(25,26)23-16(5)21(24)22-20-14(3)8-7-9-15(20)4/h7-13,16,23H,1-6H3,(H,22,24). The van der Waals surface area contributed by atoms with E-state index in [9.17, 15) is 13.2 Å². The Labute approximate surface area is 167 Å². The Balaban J connectivity index is 2.26. The molecule has 1 atom stereocenters. The van der Waals surface area contributed by atoms with Gasteiger partial charge in [0.15, 0.2) is 0 Å². The number of para-hydroxylation sites is 1. The number of amides is 1. The molecule has 0 spiro atoms. The van der Waals surface area contributed by atoms with E-state index in [2.05, 4.69) is 10.0 Å². The highest BCUT2D eigenvalue weighted by Crippen LogP contribution is 2.28. The Morgan fingerprint density at radius 3 is 2.18 bits per heavy atom. The molecule has 0 fully saturated rings. The second-order valence-corrected chi connectivity index (χ2v) is 8.85. The van der Waals surface area contributed by atoms with Gasteiger partial charge in [0, 0.05) is 5.69 Å². The van der Waals surface area contributed by atoms with Crippen molar-refractivity contribution in [3.63, 3.8) is 0 Å². The van der Waals surface area contributed by atoms with E-state index >= 15 is 0 Å². The monoisotopic (exact) mass is 404 g/mol. The van der Waals surface area contributed by atoms with E-state index in [-0.39, 0.29) is 16.6 Å². The van der Waals surface area contributed by atoms with Crippen molar-refractivity contribution in [2.24, 2.45) is 0 Å². The zero-order chi connectivity index (χ0) is 21.1. The first-order valence-electron chi connectivity index (χ1n) is 9.14. The third-order valence-electron chi connectivity index (χ3n) is 4.60. The van der Waals surface area contributed by atoms with Crippen molar-refractivity contribution in [3.05, 3.63) is 53.1 Å². The molecular formula is C21H28N2O4S. The van der Waals surface area contributed by atoms with Gasteiger partial charge in [-0.2, -0.15) is 4.72 Å². The van der Waals surface area contributed by atoms with Crippen molar-refractivity contribution >= 4 is 21.6 Å². The van der Waals surface area contributed by atoms with Gasteiger partial charge in [-0.05, 0) is 55.5 Å². The number of aryl methyl sites for hydroxylation is 2. The molecule has 0 bridgehead atoms. The number of carbonyl (C=O) groups excluding carboxylic acids is 1. The summed E-state index contributed by atoms with van der Waals surface area (Å²) in [6.45, 7) is 9.25. The van der Waals surface area contributed by atoms with Crippen molar-refractivity contribution < 1.29 is 17.9 Å². The van der Waals surface area contributed by atoms with Crippen LogP contribution < -0.4 is 14.8 Å². The lowest BCUT2D eigenvalue weighted by atomic mass is 10.0. The number of sulfonamides is 1. The smallest absolute Gasteiger partial charge is 0.244 e. The molecule has 2 aromatic carbocycles. The van der Waals surface area contributed by atoms with Gasteiger partial charge in [0.1, 0.15) is 10.6 Å². The SMILES string of the molecule is COc1ccc(C(C)C)cc1S(=O)(=O)NC(C)C(=O)Nc1c(C)cccc1C. The molecule has 1 amide bonds. The van der Waals surface area contributed by atoms with Crippen LogP contribution in [0.2, 0.25) is 0 Å². The number of nitrogens with one attached hydrogen (secondary N) is 2. The van der Waals surface area contributed by atoms with Crippen LogP contribution >= 0.6 is 0 Å². The Hall–Kier alpha value is -2.38. The number of rotatable bonds is 7. The van der Waals surface area contributed by atoms with Crippen LogP contribution in [0.1, 0.15) is 43.4 Å². The van der Waals surface area contributed by atoms with Crippen LogP contribution in [0.4, 0.5) is 5.69 Å². The van der Waals surface area contributed by atoms with Crippen molar-refractivity contribution in [1.29, 1.82) is 0 Å². The molecule has 0 radical (unpaired) electrons. The number of carbonyl (C=O) groups is 1. The summed E-state index contributed by atoms with van der Waals surface area (Å²) in [5.74, 6) is -0.0381. The molecule has 0 saturated carbocycles. The fraction of sp³-hybridized carbons (Fsp3) is 0.381. The van der Waals surface area contributed by atoms with Gasteiger partial charge in [-0.15, -0.1) is 0 Å². The summed E-state index contributed by atoms with van der Waals surface area (Å²) in [6.07, 6.45) is 0. The zero-order valence-electron chi connectivity index (χ0n) is 17.2. The largest absolute Gasteiger partial charge is 0.495 e. The quantitative estimate of drug-likeness (QED) is 0.736. The summed E-state index contributed by atoms with van der Waals surface area (Å²) < 4.78 is 33.5. The highest BCUT2D eigenvalue weighted by molar-refractivity contribution is 7.89. The van der Waals surface area contributed by atoms with Crippen LogP contribution in [0.3, 0.4) is 0 Å². The average molecular weight is 405 g/mol. The number of hydrogen-bond acceptors (Lipinski definition) is 4. The lowest BCUT2D eigenvalue weighted by Crippen LogP contribution is -2.41. The molecule has 1 unspecified atom stereocenters. The first kappa shape index (κ1) is 21.9. The number of ether oxygens (including phenoxy) is 1. The fourth-order valence-corrected chi connectivity index (χ4v) is 4.26. The summed E-state index contributed by atoms with van der Waals surface area (Å²) in [7, 11) is -2.53. The lowest BCUT2D eigenvalue weighted by Gasteiger charge is -2.18. The molecule has 0 aromatic heterocycles. The first-order valence-corrected chi connectivity index (χ1v) is 10.6. The van der Waals surface area contributed by atoms with E-state index in [4.69, 9.17) is 4.74 Å². The van der Waals surface area contributed by atoms with Crippen LogP contribution in [0.25, 0.3) is 0 Å². The van der Waals surface area contributed by atoms with Gasteiger partial charge in [-0.25, -0.2) is 8.42 Å². The summed E-state index contributed by atoms with van der Waals surface area (Å²) in [5.41, 5.74) is 3.39. The minimum absolute atomic E-state index is 0.0212. The van der Waals surface area contributed by atoms with Gasteiger partial charge in [0.05, 0.1) is 13.2 Å². The van der Waals surface area contributed by atoms with E-state index in [1.807, 2.05) is 52.0 Å². The van der Waals surface area contributed by atoms with E-state index in [1.165, 1.54) is 14.0 Å². The normalized spacial score (nSPS) is 12.7. The fourth-order valence-electron chi connectivity index (χ4n) is 2.86. The third kappa shape index (κ3) is 4.91. The van der Waals surface area contributed by atoms with Crippen LogP contribution in [-0.4, -0.2) is 27.5 Å². The number of benzene rings is 2. The maximum Gasteiger partial charge on any atom is 0.244 e. The maximum atomic E-state index is 12.9. The van der Waals surface area contributed by atoms with Crippen molar-refractivity contribution in [1.82, 2.24) is 4.72 Å². The number of hydrogen-bond donors (Lipinski definition) is 2. The lowest BCUT2D eigenvalue weighted by molar-refractivity contribution is -0.117. The summed E-state index contributed by atoms with van der Waals surface area (Å²) in [4.78, 5) is 12.6. The van der Waals surface area contributed by atoms with Crippen LogP contribution in [0.5, 0.6) is 5.75 Å². The Bertz CT molecular complexity index is 948. The Morgan fingerprint density at radius 1 is 1.04 bits per heavy atom. The topological polar surface area (TPSA) is 84.5 Å². The molecule has 2 rings (SSSR count). The number of anilines is 1. The summed E-state index contributed by atoms with van der Waals surface area (Å²) >= 11 is 0. The molecule has 0 saturated heterocycles. The average Bonchev–Trinajstić information content (AvgIpc) is 2.63. The van der Waals surface area contributed by atoms with Gasteiger partial charge in [-0.3, -0.25) is 4.79 Å². The van der Waals surface area contributed by atoms with Crippen molar-refractivity contribution in [3.8, 4) is 5.75 Å². The van der Waals surface area contributed by atoms with Crippen LogP contribution in [-0.2, 0) is 14.8 Å². The van der Waals surface area contributed by atoms with E-state index in [0.717, 1.165) is 16.7 Å². The van der Waals surface area contributed by atoms with Crippen molar-refractivity contribution in [2.45, 2.75) is 51.5 Å². The second-order valence-electron chi connectivity index (χ2n) is 7.16. The molecule has 28 heavy (non-hydrogen) atoms. The minimum Gasteiger partial charge on any atom is -0.495 e. The zero-order valence-corrected chi connectivity index (χ0v) is 18.0. The molecule has 7 heteroatoms. The highest BCUT2D eigenvalue weighted by atomic mass is 32.2. The van der Waals surface area contributed by atoms with Crippen molar-refractivity contribution in [2.75, 3.05) is 12.4 Å². The summed E-state index contributed by atoms with van der Waals surface area (Å²) in [5, 5.41) is 2.81. The van der Waals surface area contributed by atoms with Gasteiger partial charge in [0.2, 0.25) is 15.9 Å². The third-order valence-corrected chi connectivity index (χ3v) is 6.16. The minimum atomic E-state index is -3.95. The molecule has 0 heterocycles. The first-order chi connectivity index (χ1) is 13.1. The maximum absolute atomic E-state index is 12.9. The molecule has 2 aromatic rings. The van der Waals surface area contributed by atoms with Crippen LogP contribution in [0.15, 0.2) is 41.3 Å². The van der Waals surface area contributed by atoms with Gasteiger partial charge in [-0.1, -0.05) is 38.1 Å². The predicted octanol–water partition coefficient (Wildman–Crippen LogP) is 3.74. The predicted molar refractivity (Wildman–Crippen MR) is 111 cm³/mol. The highest BCUT2D eigenvalue weighted by Gasteiger charge is 2.26. The van der Waals surface area contributed by atoms with E-state index < -0.39 is 22.0 Å². The van der Waals surface area contributed by atoms with Gasteiger partial charge >= 0.3 is 0 Å².